The van der Waals surface area contributed by atoms with Crippen molar-refractivity contribution in [3.63, 3.8) is 0 Å². The van der Waals surface area contributed by atoms with E-state index in [-0.39, 0.29) is 22.2 Å². The number of rotatable bonds is 6. The molecule has 0 spiro atoms. The number of nitrogens with one attached hydrogen (secondary N) is 2. The molecule has 0 unspecified atom stereocenters. The number of hydrogen-bond donors (Lipinski definition) is 2. The van der Waals surface area contributed by atoms with E-state index in [0.717, 1.165) is 11.3 Å². The highest BCUT2D eigenvalue weighted by Crippen LogP contribution is 2.37. The van der Waals surface area contributed by atoms with Gasteiger partial charge < -0.3 is 5.32 Å². The summed E-state index contributed by atoms with van der Waals surface area (Å²) in [6.45, 7) is 3.44. The first-order chi connectivity index (χ1) is 9.65. The third kappa shape index (κ3) is 4.00. The molecule has 1 heterocycles. The summed E-state index contributed by atoms with van der Waals surface area (Å²) in [6.07, 6.45) is 1.33. The molecule has 10 heteroatoms. The normalized spacial score (nSPS) is 15.8. The van der Waals surface area contributed by atoms with Gasteiger partial charge >= 0.3 is 0 Å². The molecular formula is C11H15Cl2N3O3S2. The van der Waals surface area contributed by atoms with E-state index in [4.69, 9.17) is 23.2 Å². The average molecular weight is 372 g/mol. The molecule has 0 aromatic carbocycles. The predicted molar refractivity (Wildman–Crippen MR) is 84.6 cm³/mol. The first-order valence-electron chi connectivity index (χ1n) is 6.21. The maximum Gasteiger partial charge on any atom is 0.237 e. The van der Waals surface area contributed by atoms with Gasteiger partial charge in [-0.15, -0.1) is 11.6 Å². The molecule has 1 aromatic heterocycles. The molecule has 0 bridgehead atoms. The Labute approximate surface area is 137 Å². The zero-order valence-corrected chi connectivity index (χ0v) is 14.6. The Balaban J connectivity index is 2.20. The third-order valence-electron chi connectivity index (χ3n) is 2.94. The van der Waals surface area contributed by atoms with E-state index in [1.165, 1.54) is 0 Å². The highest BCUT2D eigenvalue weighted by Gasteiger charge is 2.37. The number of hydrogen-bond acceptors (Lipinski definition) is 5. The minimum Gasteiger partial charge on any atom is -0.344 e. The summed E-state index contributed by atoms with van der Waals surface area (Å²) in [5.74, 6) is -0.530. The molecule has 118 valence electrons. The molecule has 2 rings (SSSR count). The number of carbonyl (C=O) groups is 1. The quantitative estimate of drug-likeness (QED) is 0.750. The molecule has 0 radical (unpaired) electrons. The lowest BCUT2D eigenvalue weighted by Crippen LogP contribution is -2.42. The summed E-state index contributed by atoms with van der Waals surface area (Å²) in [6, 6.07) is 0. The van der Waals surface area contributed by atoms with Gasteiger partial charge in [-0.3, -0.25) is 9.52 Å². The fourth-order valence-electron chi connectivity index (χ4n) is 1.76. The molecular weight excluding hydrogens is 357 g/mol. The van der Waals surface area contributed by atoms with Crippen molar-refractivity contribution in [2.75, 3.05) is 10.6 Å². The number of anilines is 1. The number of sulfonamides is 1. The van der Waals surface area contributed by atoms with E-state index in [9.17, 15) is 13.2 Å². The summed E-state index contributed by atoms with van der Waals surface area (Å²) >= 11 is 12.6. The fraction of sp³-hybridized carbons (Fsp3) is 0.636. The van der Waals surface area contributed by atoms with Crippen molar-refractivity contribution in [3.8, 4) is 0 Å². The van der Waals surface area contributed by atoms with Gasteiger partial charge in [0.15, 0.2) is 5.13 Å². The molecule has 1 aromatic rings. The Hall–Kier alpha value is -0.570. The number of halogens is 2. The van der Waals surface area contributed by atoms with Gasteiger partial charge in [0.05, 0.1) is 16.5 Å². The molecule has 1 aliphatic rings. The van der Waals surface area contributed by atoms with Crippen LogP contribution >= 0.6 is 34.5 Å². The number of thiazole rings is 1. The van der Waals surface area contributed by atoms with E-state index in [0.29, 0.717) is 22.9 Å². The van der Waals surface area contributed by atoms with Gasteiger partial charge in [0, 0.05) is 0 Å². The van der Waals surface area contributed by atoms with Gasteiger partial charge in [-0.05, 0) is 26.7 Å². The van der Waals surface area contributed by atoms with Crippen molar-refractivity contribution >= 4 is 55.6 Å². The Morgan fingerprint density at radius 3 is 2.62 bits per heavy atom. The van der Waals surface area contributed by atoms with Crippen LogP contribution in [0.5, 0.6) is 0 Å². The highest BCUT2D eigenvalue weighted by molar-refractivity contribution is 7.93. The summed E-state index contributed by atoms with van der Waals surface area (Å²) < 4.78 is 26.5. The van der Waals surface area contributed by atoms with Crippen molar-refractivity contribution in [2.24, 2.45) is 0 Å². The van der Waals surface area contributed by atoms with E-state index >= 15 is 0 Å². The van der Waals surface area contributed by atoms with Crippen molar-refractivity contribution in [1.82, 2.24) is 10.3 Å². The average Bonchev–Trinajstić information content (AvgIpc) is 3.14. The lowest BCUT2D eigenvalue weighted by Gasteiger charge is -2.24. The summed E-state index contributed by atoms with van der Waals surface area (Å²) in [5, 5.41) is 2.55. The van der Waals surface area contributed by atoms with Crippen LogP contribution in [-0.2, 0) is 20.4 Å². The van der Waals surface area contributed by atoms with E-state index in [1.807, 2.05) is 0 Å². The van der Waals surface area contributed by atoms with Crippen molar-refractivity contribution in [2.45, 2.75) is 37.5 Å². The van der Waals surface area contributed by atoms with Crippen LogP contribution in [0.4, 0.5) is 5.13 Å². The lowest BCUT2D eigenvalue weighted by atomic mass is 10.0. The molecule has 0 aliphatic heterocycles. The van der Waals surface area contributed by atoms with Gasteiger partial charge in [0.25, 0.3) is 0 Å². The lowest BCUT2D eigenvalue weighted by molar-refractivity contribution is -0.120. The molecule has 1 fully saturated rings. The van der Waals surface area contributed by atoms with Gasteiger partial charge in [-0.2, -0.15) is 0 Å². The topological polar surface area (TPSA) is 88.2 Å². The van der Waals surface area contributed by atoms with Crippen LogP contribution in [0, 0.1) is 0 Å². The number of carbonyl (C=O) groups excluding carboxylic acids is 1. The van der Waals surface area contributed by atoms with Crippen LogP contribution < -0.4 is 10.0 Å². The zero-order chi connectivity index (χ0) is 15.8. The Morgan fingerprint density at radius 1 is 1.48 bits per heavy atom. The smallest absolute Gasteiger partial charge is 0.237 e. The van der Waals surface area contributed by atoms with E-state index < -0.39 is 15.6 Å². The maximum absolute atomic E-state index is 11.9. The van der Waals surface area contributed by atoms with Crippen LogP contribution in [0.15, 0.2) is 0 Å². The minimum absolute atomic E-state index is 0.174. The Bertz CT molecular complexity index is 654. The first-order valence-corrected chi connectivity index (χ1v) is 9.48. The number of aromatic nitrogens is 1. The zero-order valence-electron chi connectivity index (χ0n) is 11.4. The number of alkyl halides is 1. The van der Waals surface area contributed by atoms with Crippen molar-refractivity contribution in [1.29, 1.82) is 0 Å². The molecule has 1 saturated carbocycles. The molecule has 21 heavy (non-hydrogen) atoms. The van der Waals surface area contributed by atoms with Gasteiger partial charge in [-0.1, -0.05) is 22.9 Å². The molecule has 1 aliphatic carbocycles. The van der Waals surface area contributed by atoms with Crippen LogP contribution in [0.1, 0.15) is 32.4 Å². The maximum atomic E-state index is 11.9. The standard InChI is InChI=1S/C11H15Cl2N3O3S2/c1-11(2,15-7(17)5-12)8-9(13)20-10(14-8)16-21(18,19)6-3-4-6/h6H,3-5H2,1-2H3,(H,14,16)(H,15,17). The second-order valence-electron chi connectivity index (χ2n) is 5.29. The molecule has 0 saturated heterocycles. The first kappa shape index (κ1) is 16.8. The van der Waals surface area contributed by atoms with Crippen LogP contribution in [0.2, 0.25) is 4.34 Å². The largest absolute Gasteiger partial charge is 0.344 e. The summed E-state index contributed by atoms with van der Waals surface area (Å²) in [5.41, 5.74) is -0.441. The molecule has 0 atom stereocenters. The number of nitrogens with zero attached hydrogens (tertiary/aromatic N) is 1. The molecule has 6 nitrogen and oxygen atoms in total. The summed E-state index contributed by atoms with van der Waals surface area (Å²) in [4.78, 5) is 15.6. The second kappa shape index (κ2) is 5.91. The third-order valence-corrected chi connectivity index (χ3v) is 6.31. The van der Waals surface area contributed by atoms with Crippen LogP contribution in [0.3, 0.4) is 0 Å². The minimum atomic E-state index is -3.39. The summed E-state index contributed by atoms with van der Waals surface area (Å²) in [7, 11) is -3.39. The highest BCUT2D eigenvalue weighted by atomic mass is 35.5. The van der Waals surface area contributed by atoms with Crippen molar-refractivity contribution in [3.05, 3.63) is 10.0 Å². The van der Waals surface area contributed by atoms with E-state index in [2.05, 4.69) is 15.0 Å². The van der Waals surface area contributed by atoms with E-state index in [1.54, 1.807) is 13.8 Å². The number of amides is 1. The Kier molecular flexibility index (Phi) is 4.72. The van der Waals surface area contributed by atoms with Crippen LogP contribution in [-0.4, -0.2) is 30.4 Å². The fourth-order valence-corrected chi connectivity index (χ4v) is 4.75. The van der Waals surface area contributed by atoms with Gasteiger partial charge in [-0.25, -0.2) is 13.4 Å². The molecule has 2 N–H and O–H groups in total. The van der Waals surface area contributed by atoms with Gasteiger partial charge in [0.2, 0.25) is 15.9 Å². The monoisotopic (exact) mass is 371 g/mol. The Morgan fingerprint density at radius 2 is 2.10 bits per heavy atom. The van der Waals surface area contributed by atoms with Crippen LogP contribution in [0.25, 0.3) is 0 Å². The SMILES string of the molecule is CC(C)(NC(=O)CCl)c1nc(NS(=O)(=O)C2CC2)sc1Cl. The second-order valence-corrected chi connectivity index (χ2v) is 9.12. The predicted octanol–water partition coefficient (Wildman–Crippen LogP) is 2.29. The molecule has 1 amide bonds. The van der Waals surface area contributed by atoms with Crippen molar-refractivity contribution < 1.29 is 13.2 Å². The van der Waals surface area contributed by atoms with Gasteiger partial charge in [0.1, 0.15) is 10.2 Å².